The van der Waals surface area contributed by atoms with Gasteiger partial charge in [0.25, 0.3) is 0 Å². The average Bonchev–Trinajstić information content (AvgIpc) is 2.32. The van der Waals surface area contributed by atoms with Crippen LogP contribution in [0.25, 0.3) is 0 Å². The predicted octanol–water partition coefficient (Wildman–Crippen LogP) is 1.56. The minimum atomic E-state index is -3.36. The highest BCUT2D eigenvalue weighted by molar-refractivity contribution is 7.89. The van der Waals surface area contributed by atoms with Crippen molar-refractivity contribution in [2.45, 2.75) is 6.92 Å². The molecule has 0 aliphatic carbocycles. The largest absolute Gasteiger partial charge is 0.324 e. The number of anilines is 1. The molecule has 0 atom stereocenters. The quantitative estimate of drug-likeness (QED) is 0.895. The zero-order chi connectivity index (χ0) is 13.8. The van der Waals surface area contributed by atoms with Crippen LogP contribution in [0.2, 0.25) is 5.02 Å². The molecule has 1 N–H and O–H groups in total. The topological polar surface area (TPSA) is 66.5 Å². The van der Waals surface area contributed by atoms with Gasteiger partial charge in [-0.1, -0.05) is 23.7 Å². The lowest BCUT2D eigenvalue weighted by atomic mass is 10.3. The summed E-state index contributed by atoms with van der Waals surface area (Å²) < 4.78 is 24.0. The third-order valence-electron chi connectivity index (χ3n) is 2.35. The van der Waals surface area contributed by atoms with Crippen molar-refractivity contribution in [2.24, 2.45) is 0 Å². The van der Waals surface area contributed by atoms with Crippen LogP contribution in [0.4, 0.5) is 5.69 Å². The van der Waals surface area contributed by atoms with Crippen LogP contribution < -0.4 is 5.32 Å². The van der Waals surface area contributed by atoms with E-state index < -0.39 is 15.9 Å². The maximum absolute atomic E-state index is 11.7. The lowest BCUT2D eigenvalue weighted by Crippen LogP contribution is -2.35. The van der Waals surface area contributed by atoms with Crippen LogP contribution >= 0.6 is 11.6 Å². The Morgan fingerprint density at radius 3 is 2.56 bits per heavy atom. The number of para-hydroxylation sites is 1. The summed E-state index contributed by atoms with van der Waals surface area (Å²) in [6.07, 6.45) is 0. The first-order valence-electron chi connectivity index (χ1n) is 5.35. The van der Waals surface area contributed by atoms with Gasteiger partial charge in [-0.15, -0.1) is 0 Å². The Kier molecular flexibility index (Phi) is 5.13. The third kappa shape index (κ3) is 3.97. The van der Waals surface area contributed by atoms with E-state index in [-0.39, 0.29) is 12.3 Å². The van der Waals surface area contributed by atoms with Crippen LogP contribution in [0.3, 0.4) is 0 Å². The number of hydrogen-bond donors (Lipinski definition) is 1. The highest BCUT2D eigenvalue weighted by atomic mass is 35.5. The van der Waals surface area contributed by atoms with Crippen molar-refractivity contribution >= 4 is 33.2 Å². The molecule has 1 amide bonds. The minimum Gasteiger partial charge on any atom is -0.324 e. The van der Waals surface area contributed by atoms with Crippen molar-refractivity contribution in [3.05, 3.63) is 29.3 Å². The summed E-state index contributed by atoms with van der Waals surface area (Å²) in [7, 11) is -1.99. The van der Waals surface area contributed by atoms with Gasteiger partial charge in [-0.2, -0.15) is 4.31 Å². The molecular weight excluding hydrogens is 276 g/mol. The molecule has 0 aliphatic heterocycles. The van der Waals surface area contributed by atoms with Crippen molar-refractivity contribution in [3.63, 3.8) is 0 Å². The fraction of sp³-hybridized carbons (Fsp3) is 0.364. The molecule has 0 unspecified atom stereocenters. The number of nitrogens with one attached hydrogen (secondary N) is 1. The average molecular weight is 291 g/mol. The number of benzene rings is 1. The maximum Gasteiger partial charge on any atom is 0.239 e. The first kappa shape index (κ1) is 14.9. The molecule has 0 saturated heterocycles. The number of halogens is 1. The number of amides is 1. The minimum absolute atomic E-state index is 0.0388. The fourth-order valence-corrected chi connectivity index (χ4v) is 2.21. The zero-order valence-corrected chi connectivity index (χ0v) is 11.8. The fourth-order valence-electron chi connectivity index (χ4n) is 1.27. The molecule has 1 aromatic rings. The second kappa shape index (κ2) is 6.17. The van der Waals surface area contributed by atoms with E-state index in [1.807, 2.05) is 0 Å². The van der Waals surface area contributed by atoms with Crippen LogP contribution in [-0.4, -0.2) is 38.0 Å². The van der Waals surface area contributed by atoms with Crippen LogP contribution in [-0.2, 0) is 14.8 Å². The summed E-state index contributed by atoms with van der Waals surface area (Å²) in [5, 5.41) is 2.97. The van der Waals surface area contributed by atoms with Gasteiger partial charge in [-0.3, -0.25) is 4.79 Å². The zero-order valence-electron chi connectivity index (χ0n) is 10.2. The van der Waals surface area contributed by atoms with E-state index in [1.54, 1.807) is 24.3 Å². The normalized spacial score (nSPS) is 11.6. The van der Waals surface area contributed by atoms with E-state index in [0.717, 1.165) is 4.31 Å². The van der Waals surface area contributed by atoms with Gasteiger partial charge in [-0.05, 0) is 19.1 Å². The van der Waals surface area contributed by atoms with E-state index in [2.05, 4.69) is 5.32 Å². The number of rotatable bonds is 5. The molecule has 1 aromatic carbocycles. The molecule has 1 rings (SSSR count). The van der Waals surface area contributed by atoms with Gasteiger partial charge in [-0.25, -0.2) is 8.42 Å². The lowest BCUT2D eigenvalue weighted by Gasteiger charge is -2.15. The van der Waals surface area contributed by atoms with E-state index >= 15 is 0 Å². The van der Waals surface area contributed by atoms with E-state index in [9.17, 15) is 13.2 Å². The molecule has 0 spiro atoms. The molecule has 0 bridgehead atoms. The van der Waals surface area contributed by atoms with Gasteiger partial charge in [0.1, 0.15) is 0 Å². The number of carbonyl (C=O) groups excluding carboxylic acids is 1. The van der Waals surface area contributed by atoms with Crippen LogP contribution in [0, 0.1) is 0 Å². The number of nitrogens with zero attached hydrogens (tertiary/aromatic N) is 1. The molecule has 0 fully saturated rings. The second-order valence-corrected chi connectivity index (χ2v) is 6.46. The van der Waals surface area contributed by atoms with E-state index in [0.29, 0.717) is 10.7 Å². The number of likely N-dealkylation sites (N-methyl/N-ethyl adjacent to an activating group) is 1. The molecule has 0 aliphatic rings. The number of carbonyl (C=O) groups is 1. The first-order chi connectivity index (χ1) is 8.36. The van der Waals surface area contributed by atoms with Crippen LogP contribution in [0.5, 0.6) is 0 Å². The second-order valence-electron chi connectivity index (χ2n) is 3.68. The molecule has 5 nitrogen and oxygen atoms in total. The summed E-state index contributed by atoms with van der Waals surface area (Å²) in [6, 6.07) is 6.76. The SMILES string of the molecule is CCS(=O)(=O)N(C)CC(=O)Nc1ccccc1Cl. The molecule has 0 radical (unpaired) electrons. The van der Waals surface area contributed by atoms with Gasteiger partial charge >= 0.3 is 0 Å². The predicted molar refractivity (Wildman–Crippen MR) is 72.2 cm³/mol. The summed E-state index contributed by atoms with van der Waals surface area (Å²) >= 11 is 5.88. The summed E-state index contributed by atoms with van der Waals surface area (Å²) in [5.41, 5.74) is 0.464. The molecule has 100 valence electrons. The Morgan fingerprint density at radius 1 is 1.39 bits per heavy atom. The van der Waals surface area contributed by atoms with E-state index in [4.69, 9.17) is 11.6 Å². The van der Waals surface area contributed by atoms with Crippen molar-refractivity contribution in [1.82, 2.24) is 4.31 Å². The summed E-state index contributed by atoms with van der Waals surface area (Å²) in [6.45, 7) is 1.29. The molecule has 0 heterocycles. The molecule has 18 heavy (non-hydrogen) atoms. The summed E-state index contributed by atoms with van der Waals surface area (Å²) in [5.74, 6) is -0.467. The number of sulfonamides is 1. The molecular formula is C11H15ClN2O3S. The van der Waals surface area contributed by atoms with Gasteiger partial charge in [0, 0.05) is 7.05 Å². The molecule has 0 saturated carbocycles. The van der Waals surface area contributed by atoms with Crippen molar-refractivity contribution < 1.29 is 13.2 Å². The number of hydrogen-bond acceptors (Lipinski definition) is 3. The highest BCUT2D eigenvalue weighted by Crippen LogP contribution is 2.20. The van der Waals surface area contributed by atoms with Crippen molar-refractivity contribution in [1.29, 1.82) is 0 Å². The van der Waals surface area contributed by atoms with Crippen molar-refractivity contribution in [2.75, 3.05) is 24.7 Å². The van der Waals surface area contributed by atoms with Gasteiger partial charge in [0.05, 0.1) is 23.0 Å². The van der Waals surface area contributed by atoms with Gasteiger partial charge in [0.15, 0.2) is 0 Å². The third-order valence-corrected chi connectivity index (χ3v) is 4.49. The molecule has 7 heteroatoms. The van der Waals surface area contributed by atoms with Gasteiger partial charge < -0.3 is 5.32 Å². The highest BCUT2D eigenvalue weighted by Gasteiger charge is 2.18. The Bertz CT molecular complexity index is 531. The van der Waals surface area contributed by atoms with Crippen molar-refractivity contribution in [3.8, 4) is 0 Å². The standard InChI is InChI=1S/C11H15ClN2O3S/c1-3-18(16,17)14(2)8-11(15)13-10-7-5-4-6-9(10)12/h4-7H,3,8H2,1-2H3,(H,13,15). The van der Waals surface area contributed by atoms with Gasteiger partial charge in [0.2, 0.25) is 15.9 Å². The Labute approximate surface area is 112 Å². The maximum atomic E-state index is 11.7. The smallest absolute Gasteiger partial charge is 0.239 e. The Morgan fingerprint density at radius 2 is 2.00 bits per heavy atom. The Hall–Kier alpha value is -1.11. The first-order valence-corrected chi connectivity index (χ1v) is 7.34. The summed E-state index contributed by atoms with van der Waals surface area (Å²) in [4.78, 5) is 11.7. The van der Waals surface area contributed by atoms with Crippen LogP contribution in [0.15, 0.2) is 24.3 Å². The monoisotopic (exact) mass is 290 g/mol. The Balaban J connectivity index is 2.66. The molecule has 0 aromatic heterocycles. The van der Waals surface area contributed by atoms with E-state index in [1.165, 1.54) is 14.0 Å². The van der Waals surface area contributed by atoms with Crippen LogP contribution in [0.1, 0.15) is 6.92 Å². The lowest BCUT2D eigenvalue weighted by molar-refractivity contribution is -0.116.